The number of hydrogen-bond donors (Lipinski definition) is 2. The van der Waals surface area contributed by atoms with E-state index in [1.165, 1.54) is 5.01 Å². The molecule has 30 heavy (non-hydrogen) atoms. The lowest BCUT2D eigenvalue weighted by atomic mass is 10.0. The number of benzene rings is 3. The zero-order valence-corrected chi connectivity index (χ0v) is 18.1. The van der Waals surface area contributed by atoms with Crippen LogP contribution in [0.5, 0.6) is 5.75 Å². The summed E-state index contributed by atoms with van der Waals surface area (Å²) in [6.45, 7) is 1.95. The number of rotatable bonds is 4. The van der Waals surface area contributed by atoms with Crippen LogP contribution in [-0.2, 0) is 0 Å². The van der Waals surface area contributed by atoms with E-state index in [2.05, 4.69) is 26.7 Å². The summed E-state index contributed by atoms with van der Waals surface area (Å²) in [5, 5.41) is 4.69. The van der Waals surface area contributed by atoms with E-state index >= 15 is 0 Å². The number of amides is 2. The second kappa shape index (κ2) is 8.20. The van der Waals surface area contributed by atoms with E-state index in [-0.39, 0.29) is 11.8 Å². The van der Waals surface area contributed by atoms with Gasteiger partial charge in [-0.2, -0.15) is 0 Å². The molecule has 1 aliphatic heterocycles. The van der Waals surface area contributed by atoms with E-state index in [1.807, 2.05) is 55.5 Å². The molecule has 4 rings (SSSR count). The summed E-state index contributed by atoms with van der Waals surface area (Å²) in [4.78, 5) is 26.2. The van der Waals surface area contributed by atoms with Crippen molar-refractivity contribution in [3.8, 4) is 5.75 Å². The molecule has 0 saturated carbocycles. The van der Waals surface area contributed by atoms with Gasteiger partial charge in [-0.25, -0.2) is 5.01 Å². The summed E-state index contributed by atoms with van der Waals surface area (Å²) in [7, 11) is 1.60. The number of hydrazine groups is 1. The van der Waals surface area contributed by atoms with E-state index in [0.717, 1.165) is 15.6 Å². The van der Waals surface area contributed by atoms with Crippen LogP contribution in [0.25, 0.3) is 0 Å². The maximum atomic E-state index is 13.3. The summed E-state index contributed by atoms with van der Waals surface area (Å²) < 4.78 is 6.01. The topological polar surface area (TPSA) is 70.7 Å². The Bertz CT molecular complexity index is 1100. The predicted molar refractivity (Wildman–Crippen MR) is 118 cm³/mol. The molecule has 3 aromatic rings. The number of hydrogen-bond acceptors (Lipinski definition) is 4. The normalized spacial score (nSPS) is 15.2. The van der Waals surface area contributed by atoms with Gasteiger partial charge in [0, 0.05) is 15.7 Å². The highest BCUT2D eigenvalue weighted by molar-refractivity contribution is 9.10. The number of carbonyl (C=O) groups is 2. The number of anilines is 1. The second-order valence-corrected chi connectivity index (χ2v) is 7.91. The lowest BCUT2D eigenvalue weighted by molar-refractivity contribution is 0.0491. The van der Waals surface area contributed by atoms with E-state index in [1.54, 1.807) is 25.3 Å². The van der Waals surface area contributed by atoms with Crippen molar-refractivity contribution in [1.29, 1.82) is 0 Å². The number of carbonyl (C=O) groups excluding carboxylic acids is 2. The van der Waals surface area contributed by atoms with Gasteiger partial charge < -0.3 is 10.1 Å². The van der Waals surface area contributed by atoms with Crippen LogP contribution in [0, 0.1) is 6.92 Å². The molecule has 1 heterocycles. The minimum absolute atomic E-state index is 0.300. The van der Waals surface area contributed by atoms with Crippen molar-refractivity contribution in [2.24, 2.45) is 0 Å². The van der Waals surface area contributed by atoms with Gasteiger partial charge in [-0.05, 0) is 55.0 Å². The maximum Gasteiger partial charge on any atom is 0.276 e. The van der Waals surface area contributed by atoms with Crippen LogP contribution >= 0.6 is 15.9 Å². The standard InChI is InChI=1S/C23H20BrN3O3/c1-14-3-5-16(6-4-14)22(28)26-27-21(15-7-10-18(30-2)11-8-15)25-20-12-9-17(24)13-19(20)23(27)29/h3-13,21,25H,1-2H3,(H,26,28). The Labute approximate surface area is 182 Å². The van der Waals surface area contributed by atoms with Crippen molar-refractivity contribution in [3.05, 3.63) is 93.5 Å². The van der Waals surface area contributed by atoms with Crippen molar-refractivity contribution in [1.82, 2.24) is 10.4 Å². The molecule has 0 bridgehead atoms. The molecular formula is C23H20BrN3O3. The Kier molecular flexibility index (Phi) is 5.46. The van der Waals surface area contributed by atoms with Crippen molar-refractivity contribution in [3.63, 3.8) is 0 Å². The van der Waals surface area contributed by atoms with Gasteiger partial charge in [-0.1, -0.05) is 45.8 Å². The molecule has 0 saturated heterocycles. The van der Waals surface area contributed by atoms with E-state index in [0.29, 0.717) is 22.6 Å². The molecule has 152 valence electrons. The lowest BCUT2D eigenvalue weighted by Crippen LogP contribution is -2.52. The first-order chi connectivity index (χ1) is 14.5. The third-order valence-electron chi connectivity index (χ3n) is 4.95. The van der Waals surface area contributed by atoms with Crippen LogP contribution in [-0.4, -0.2) is 23.9 Å². The van der Waals surface area contributed by atoms with E-state index in [4.69, 9.17) is 4.74 Å². The first-order valence-corrected chi connectivity index (χ1v) is 10.2. The van der Waals surface area contributed by atoms with Gasteiger partial charge in [0.1, 0.15) is 11.9 Å². The lowest BCUT2D eigenvalue weighted by Gasteiger charge is -2.38. The number of halogens is 1. The zero-order chi connectivity index (χ0) is 21.3. The first-order valence-electron chi connectivity index (χ1n) is 9.37. The van der Waals surface area contributed by atoms with Crippen LogP contribution in [0.3, 0.4) is 0 Å². The Hall–Kier alpha value is -3.32. The molecule has 0 aromatic heterocycles. The molecule has 1 unspecified atom stereocenters. The third-order valence-corrected chi connectivity index (χ3v) is 5.44. The summed E-state index contributed by atoms with van der Waals surface area (Å²) in [5.74, 6) is 0.0499. The Morgan fingerprint density at radius 3 is 2.43 bits per heavy atom. The fourth-order valence-corrected chi connectivity index (χ4v) is 3.65. The average Bonchev–Trinajstić information content (AvgIpc) is 2.76. The van der Waals surface area contributed by atoms with Crippen LogP contribution in [0.15, 0.2) is 71.2 Å². The number of fused-ring (bicyclic) bond motifs is 1. The van der Waals surface area contributed by atoms with Crippen molar-refractivity contribution in [2.45, 2.75) is 13.1 Å². The van der Waals surface area contributed by atoms with Gasteiger partial charge in [0.15, 0.2) is 0 Å². The van der Waals surface area contributed by atoms with Gasteiger partial charge in [-0.15, -0.1) is 0 Å². The van der Waals surface area contributed by atoms with Gasteiger partial charge in [-0.3, -0.25) is 15.0 Å². The highest BCUT2D eigenvalue weighted by Crippen LogP contribution is 2.34. The molecule has 0 spiro atoms. The Morgan fingerprint density at radius 1 is 1.07 bits per heavy atom. The van der Waals surface area contributed by atoms with Gasteiger partial charge in [0.2, 0.25) is 0 Å². The fourth-order valence-electron chi connectivity index (χ4n) is 3.29. The third kappa shape index (κ3) is 3.89. The van der Waals surface area contributed by atoms with Crippen LogP contribution in [0.1, 0.15) is 38.0 Å². The number of nitrogens with zero attached hydrogens (tertiary/aromatic N) is 1. The van der Waals surface area contributed by atoms with Crippen LogP contribution < -0.4 is 15.5 Å². The molecule has 2 N–H and O–H groups in total. The summed E-state index contributed by atoms with van der Waals surface area (Å²) >= 11 is 3.41. The van der Waals surface area contributed by atoms with Crippen molar-refractivity contribution < 1.29 is 14.3 Å². The molecule has 0 fully saturated rings. The van der Waals surface area contributed by atoms with E-state index in [9.17, 15) is 9.59 Å². The molecule has 2 amide bonds. The summed E-state index contributed by atoms with van der Waals surface area (Å²) in [6, 6.07) is 20.0. The summed E-state index contributed by atoms with van der Waals surface area (Å²) in [5.41, 5.74) is 6.28. The van der Waals surface area contributed by atoms with Crippen molar-refractivity contribution in [2.75, 3.05) is 12.4 Å². The van der Waals surface area contributed by atoms with Gasteiger partial charge in [0.25, 0.3) is 11.8 Å². The quantitative estimate of drug-likeness (QED) is 0.586. The Balaban J connectivity index is 1.71. The number of aryl methyl sites for hydroxylation is 1. The smallest absolute Gasteiger partial charge is 0.276 e. The van der Waals surface area contributed by atoms with Crippen molar-refractivity contribution >= 4 is 33.4 Å². The second-order valence-electron chi connectivity index (χ2n) is 6.99. The maximum absolute atomic E-state index is 13.3. The molecule has 0 aliphatic carbocycles. The monoisotopic (exact) mass is 465 g/mol. The van der Waals surface area contributed by atoms with Crippen LogP contribution in [0.4, 0.5) is 5.69 Å². The van der Waals surface area contributed by atoms with E-state index < -0.39 is 6.17 Å². The van der Waals surface area contributed by atoms with Gasteiger partial charge in [0.05, 0.1) is 12.7 Å². The highest BCUT2D eigenvalue weighted by atomic mass is 79.9. The fraction of sp³-hybridized carbons (Fsp3) is 0.130. The predicted octanol–water partition coefficient (Wildman–Crippen LogP) is 4.68. The number of methoxy groups -OCH3 is 1. The average molecular weight is 466 g/mol. The molecular weight excluding hydrogens is 446 g/mol. The molecule has 0 radical (unpaired) electrons. The largest absolute Gasteiger partial charge is 0.497 e. The summed E-state index contributed by atoms with van der Waals surface area (Å²) in [6.07, 6.45) is -0.577. The minimum Gasteiger partial charge on any atom is -0.497 e. The SMILES string of the molecule is COc1ccc(C2Nc3ccc(Br)cc3C(=O)N2NC(=O)c2ccc(C)cc2)cc1. The molecule has 7 heteroatoms. The minimum atomic E-state index is -0.577. The number of nitrogens with one attached hydrogen (secondary N) is 2. The zero-order valence-electron chi connectivity index (χ0n) is 16.5. The molecule has 6 nitrogen and oxygen atoms in total. The molecule has 1 atom stereocenters. The first kappa shape index (κ1) is 20.0. The highest BCUT2D eigenvalue weighted by Gasteiger charge is 2.34. The molecule has 1 aliphatic rings. The van der Waals surface area contributed by atoms with Crippen LogP contribution in [0.2, 0.25) is 0 Å². The number of ether oxygens (including phenoxy) is 1. The van der Waals surface area contributed by atoms with Gasteiger partial charge >= 0.3 is 0 Å². The molecule has 3 aromatic carbocycles. The Morgan fingerprint density at radius 2 is 1.77 bits per heavy atom.